The average molecular weight is 469 g/mol. The van der Waals surface area contributed by atoms with Crippen molar-refractivity contribution in [1.82, 2.24) is 19.6 Å². The van der Waals surface area contributed by atoms with Crippen LogP contribution < -0.4 is 0 Å². The molecule has 4 rings (SSSR count). The predicted molar refractivity (Wildman–Crippen MR) is 128 cm³/mol. The maximum Gasteiger partial charge on any atom is 0.410 e. The minimum absolute atomic E-state index is 0.170. The first-order valence-electron chi connectivity index (χ1n) is 12.3. The van der Waals surface area contributed by atoms with Crippen molar-refractivity contribution in [2.75, 3.05) is 19.6 Å². The second-order valence-electron chi connectivity index (χ2n) is 10.1. The van der Waals surface area contributed by atoms with Gasteiger partial charge in [-0.05, 0) is 64.0 Å². The summed E-state index contributed by atoms with van der Waals surface area (Å²) in [5, 5.41) is 4.61. The molecule has 1 fully saturated rings. The van der Waals surface area contributed by atoms with E-state index in [1.165, 1.54) is 24.1 Å². The number of hydrogen-bond donors (Lipinski definition) is 0. The van der Waals surface area contributed by atoms with Crippen LogP contribution in [0.25, 0.3) is 0 Å². The third-order valence-corrected chi connectivity index (χ3v) is 6.39. The summed E-state index contributed by atoms with van der Waals surface area (Å²) in [6.07, 6.45) is 6.52. The predicted octanol–water partition coefficient (Wildman–Crippen LogP) is 4.41. The fraction of sp³-hybridized carbons (Fsp3) is 0.577. The normalized spacial score (nSPS) is 18.4. The summed E-state index contributed by atoms with van der Waals surface area (Å²) in [5.41, 5.74) is 3.02. The zero-order valence-electron chi connectivity index (χ0n) is 20.5. The van der Waals surface area contributed by atoms with Crippen molar-refractivity contribution in [2.24, 2.45) is 0 Å². The van der Waals surface area contributed by atoms with Crippen LogP contribution in [-0.4, -0.2) is 63.0 Å². The highest BCUT2D eigenvalue weighted by Gasteiger charge is 2.35. The van der Waals surface area contributed by atoms with Gasteiger partial charge in [0.05, 0.1) is 12.2 Å². The SMILES string of the molecule is CC(C)(C)OC(=O)N1CCN(C(=O)OCc2ccccc2)C[C@H]1CCn1ncc2c1CCCC2. The van der Waals surface area contributed by atoms with Crippen LogP contribution in [0.5, 0.6) is 0 Å². The van der Waals surface area contributed by atoms with Gasteiger partial charge in [0.25, 0.3) is 0 Å². The van der Waals surface area contributed by atoms with Gasteiger partial charge in [-0.15, -0.1) is 0 Å². The number of aromatic nitrogens is 2. The molecular weight excluding hydrogens is 432 g/mol. The second-order valence-corrected chi connectivity index (χ2v) is 10.1. The van der Waals surface area contributed by atoms with E-state index in [1.807, 2.05) is 57.3 Å². The van der Waals surface area contributed by atoms with Gasteiger partial charge in [-0.25, -0.2) is 9.59 Å². The summed E-state index contributed by atoms with van der Waals surface area (Å²) in [7, 11) is 0. The van der Waals surface area contributed by atoms with Crippen LogP contribution in [0, 0.1) is 0 Å². The number of carbonyl (C=O) groups excluding carboxylic acids is 2. The number of nitrogens with zero attached hydrogens (tertiary/aromatic N) is 4. The Hall–Kier alpha value is -3.03. The van der Waals surface area contributed by atoms with Crippen molar-refractivity contribution in [3.8, 4) is 0 Å². The maximum absolute atomic E-state index is 13.0. The molecule has 8 nitrogen and oxygen atoms in total. The number of benzene rings is 1. The summed E-state index contributed by atoms with van der Waals surface area (Å²) >= 11 is 0. The number of piperazine rings is 1. The Bertz CT molecular complexity index is 982. The van der Waals surface area contributed by atoms with Gasteiger partial charge in [0, 0.05) is 31.9 Å². The molecule has 1 saturated heterocycles. The quantitative estimate of drug-likeness (QED) is 0.650. The number of hydrogen-bond acceptors (Lipinski definition) is 5. The maximum atomic E-state index is 13.0. The Labute approximate surface area is 201 Å². The minimum atomic E-state index is -0.575. The van der Waals surface area contributed by atoms with Crippen LogP contribution in [0.3, 0.4) is 0 Å². The zero-order chi connectivity index (χ0) is 24.1. The largest absolute Gasteiger partial charge is 0.445 e. The Morgan fingerprint density at radius 1 is 1.06 bits per heavy atom. The van der Waals surface area contributed by atoms with Gasteiger partial charge in [-0.1, -0.05) is 30.3 Å². The number of ether oxygens (including phenoxy) is 2. The first-order chi connectivity index (χ1) is 16.3. The third-order valence-electron chi connectivity index (χ3n) is 6.39. The van der Waals surface area contributed by atoms with Gasteiger partial charge < -0.3 is 19.3 Å². The molecule has 2 amide bonds. The molecule has 34 heavy (non-hydrogen) atoms. The molecule has 0 N–H and O–H groups in total. The molecular formula is C26H36N4O4. The van der Waals surface area contributed by atoms with E-state index in [1.54, 1.807) is 9.80 Å². The van der Waals surface area contributed by atoms with Crippen molar-refractivity contribution in [3.63, 3.8) is 0 Å². The van der Waals surface area contributed by atoms with Gasteiger partial charge in [0.15, 0.2) is 0 Å². The van der Waals surface area contributed by atoms with Crippen LogP contribution in [-0.2, 0) is 35.5 Å². The van der Waals surface area contributed by atoms with Gasteiger partial charge in [-0.3, -0.25) is 4.68 Å². The highest BCUT2D eigenvalue weighted by molar-refractivity contribution is 5.71. The fourth-order valence-corrected chi connectivity index (χ4v) is 4.66. The van der Waals surface area contributed by atoms with E-state index in [4.69, 9.17) is 9.47 Å². The molecule has 1 aliphatic heterocycles. The van der Waals surface area contributed by atoms with E-state index in [9.17, 15) is 9.59 Å². The van der Waals surface area contributed by atoms with E-state index in [-0.39, 0.29) is 24.8 Å². The van der Waals surface area contributed by atoms with Crippen molar-refractivity contribution in [1.29, 1.82) is 0 Å². The molecule has 8 heteroatoms. The van der Waals surface area contributed by atoms with Crippen molar-refractivity contribution >= 4 is 12.2 Å². The average Bonchev–Trinajstić information content (AvgIpc) is 3.23. The smallest absolute Gasteiger partial charge is 0.410 e. The number of carbonyl (C=O) groups is 2. The Morgan fingerprint density at radius 3 is 2.59 bits per heavy atom. The molecule has 0 bridgehead atoms. The van der Waals surface area contributed by atoms with Crippen LogP contribution in [0.15, 0.2) is 36.5 Å². The summed E-state index contributed by atoms with van der Waals surface area (Å²) in [5.74, 6) is 0. The number of rotatable bonds is 5. The van der Waals surface area contributed by atoms with E-state index >= 15 is 0 Å². The standard InChI is InChI=1S/C26H36N4O4/c1-26(2,3)34-25(32)29-16-15-28(24(31)33-19-20-9-5-4-6-10-20)18-22(29)13-14-30-23-12-8-7-11-21(23)17-27-30/h4-6,9-10,17,22H,7-8,11-16,18-19H2,1-3H3/t22-/m1/s1. The van der Waals surface area contributed by atoms with Crippen LogP contribution in [0.4, 0.5) is 9.59 Å². The molecule has 0 spiro atoms. The van der Waals surface area contributed by atoms with Crippen molar-refractivity contribution in [3.05, 3.63) is 53.3 Å². The second kappa shape index (κ2) is 10.5. The topological polar surface area (TPSA) is 76.9 Å². The van der Waals surface area contributed by atoms with E-state index in [2.05, 4.69) is 9.78 Å². The zero-order valence-corrected chi connectivity index (χ0v) is 20.5. The lowest BCUT2D eigenvalue weighted by molar-refractivity contribution is -0.00517. The fourth-order valence-electron chi connectivity index (χ4n) is 4.66. The van der Waals surface area contributed by atoms with Crippen molar-refractivity contribution < 1.29 is 19.1 Å². The highest BCUT2D eigenvalue weighted by Crippen LogP contribution is 2.23. The first kappa shape index (κ1) is 24.1. The van der Waals surface area contributed by atoms with E-state index in [0.29, 0.717) is 32.6 Å². The number of amides is 2. The lowest BCUT2D eigenvalue weighted by atomic mass is 9.98. The van der Waals surface area contributed by atoms with Gasteiger partial charge in [0.2, 0.25) is 0 Å². The Kier molecular flexibility index (Phi) is 7.44. The molecule has 184 valence electrons. The third kappa shape index (κ3) is 6.10. The van der Waals surface area contributed by atoms with Crippen LogP contribution in [0.2, 0.25) is 0 Å². The highest BCUT2D eigenvalue weighted by atomic mass is 16.6. The Balaban J connectivity index is 1.42. The number of aryl methyl sites for hydroxylation is 2. The van der Waals surface area contributed by atoms with Crippen LogP contribution in [0.1, 0.15) is 56.9 Å². The molecule has 0 unspecified atom stereocenters. The Morgan fingerprint density at radius 2 is 1.82 bits per heavy atom. The molecule has 1 atom stereocenters. The van der Waals surface area contributed by atoms with Gasteiger partial charge >= 0.3 is 12.2 Å². The summed E-state index contributed by atoms with van der Waals surface area (Å²) < 4.78 is 13.3. The van der Waals surface area contributed by atoms with Crippen molar-refractivity contribution in [2.45, 2.75) is 77.7 Å². The molecule has 2 aliphatic rings. The van der Waals surface area contributed by atoms with Crippen LogP contribution >= 0.6 is 0 Å². The van der Waals surface area contributed by atoms with Gasteiger partial charge in [0.1, 0.15) is 12.2 Å². The molecule has 2 aromatic rings. The molecule has 0 saturated carbocycles. The summed E-state index contributed by atoms with van der Waals surface area (Å²) in [4.78, 5) is 29.2. The lowest BCUT2D eigenvalue weighted by Crippen LogP contribution is -2.57. The first-order valence-corrected chi connectivity index (χ1v) is 12.3. The summed E-state index contributed by atoms with van der Waals surface area (Å²) in [6, 6.07) is 9.47. The van der Waals surface area contributed by atoms with Gasteiger partial charge in [-0.2, -0.15) is 5.10 Å². The number of fused-ring (bicyclic) bond motifs is 1. The lowest BCUT2D eigenvalue weighted by Gasteiger charge is -2.41. The monoisotopic (exact) mass is 468 g/mol. The summed E-state index contributed by atoms with van der Waals surface area (Å²) in [6.45, 7) is 7.78. The molecule has 1 aliphatic carbocycles. The molecule has 1 aromatic carbocycles. The molecule has 1 aromatic heterocycles. The molecule has 2 heterocycles. The van der Waals surface area contributed by atoms with E-state index in [0.717, 1.165) is 18.4 Å². The molecule has 0 radical (unpaired) electrons. The van der Waals surface area contributed by atoms with E-state index < -0.39 is 5.60 Å². The minimum Gasteiger partial charge on any atom is -0.445 e.